The van der Waals surface area contributed by atoms with Gasteiger partial charge in [-0.25, -0.2) is 4.79 Å². The van der Waals surface area contributed by atoms with Crippen molar-refractivity contribution >= 4 is 12.3 Å². The number of hydrogen-bond acceptors (Lipinski definition) is 7. The molecule has 0 fully saturated rings. The molecule has 9 nitrogen and oxygen atoms in total. The predicted molar refractivity (Wildman–Crippen MR) is 50.9 cm³/mol. The van der Waals surface area contributed by atoms with Crippen LogP contribution in [0.2, 0.25) is 0 Å². The number of aldehydes is 1. The maximum Gasteiger partial charge on any atom is 0.309 e. The van der Waals surface area contributed by atoms with Crippen molar-refractivity contribution in [2.24, 2.45) is 11.5 Å². The molecule has 2 amide bonds. The molecule has 9 N–H and O–H groups in total. The molecule has 0 heterocycles. The Labute approximate surface area is 90.9 Å². The van der Waals surface area contributed by atoms with Crippen molar-refractivity contribution < 1.29 is 35.1 Å². The summed E-state index contributed by atoms with van der Waals surface area (Å²) in [6.45, 7) is -0.760. The van der Waals surface area contributed by atoms with Gasteiger partial charge in [0.1, 0.15) is 24.4 Å². The van der Waals surface area contributed by atoms with Crippen LogP contribution in [0.25, 0.3) is 0 Å². The van der Waals surface area contributed by atoms with E-state index in [1.165, 1.54) is 0 Å². The van der Waals surface area contributed by atoms with Crippen LogP contribution in [0.4, 0.5) is 4.79 Å². The Bertz CT molecular complexity index is 209. The Balaban J connectivity index is 0. The van der Waals surface area contributed by atoms with E-state index in [1.807, 2.05) is 0 Å². The van der Waals surface area contributed by atoms with Gasteiger partial charge in [0.2, 0.25) is 0 Å². The maximum absolute atomic E-state index is 9.90. The number of hydrogen-bond donors (Lipinski definition) is 7. The summed E-state index contributed by atoms with van der Waals surface area (Å²) in [7, 11) is 0. The fraction of sp³-hybridized carbons (Fsp3) is 0.714. The summed E-state index contributed by atoms with van der Waals surface area (Å²) in [5, 5.41) is 43.5. The minimum Gasteiger partial charge on any atom is -0.394 e. The van der Waals surface area contributed by atoms with Crippen LogP contribution in [0.1, 0.15) is 0 Å². The van der Waals surface area contributed by atoms with Crippen molar-refractivity contribution in [3.05, 3.63) is 0 Å². The fourth-order valence-corrected chi connectivity index (χ4v) is 0.618. The summed E-state index contributed by atoms with van der Waals surface area (Å²) in [6.07, 6.45) is -6.84. The predicted octanol–water partition coefficient (Wildman–Crippen LogP) is -4.35. The molecule has 0 saturated carbocycles. The largest absolute Gasteiger partial charge is 0.394 e. The SMILES string of the molecule is NC(N)=O.O=C[C@H](O)[C@@H](O)[C@H](O)[C@H](O)CO. The summed E-state index contributed by atoms with van der Waals surface area (Å²) in [5.74, 6) is 0. The average Bonchev–Trinajstić information content (AvgIpc) is 2.24. The lowest BCUT2D eigenvalue weighted by molar-refractivity contribution is -0.136. The van der Waals surface area contributed by atoms with Crippen molar-refractivity contribution in [2.45, 2.75) is 24.4 Å². The van der Waals surface area contributed by atoms with Crippen LogP contribution >= 0.6 is 0 Å². The lowest BCUT2D eigenvalue weighted by Gasteiger charge is -2.22. The van der Waals surface area contributed by atoms with Crippen molar-refractivity contribution in [1.82, 2.24) is 0 Å². The number of carbonyl (C=O) groups is 2. The van der Waals surface area contributed by atoms with Gasteiger partial charge >= 0.3 is 6.03 Å². The van der Waals surface area contributed by atoms with E-state index in [1.54, 1.807) is 0 Å². The van der Waals surface area contributed by atoms with Gasteiger partial charge in [0.05, 0.1) is 6.61 Å². The molecule has 0 rings (SSSR count). The van der Waals surface area contributed by atoms with Crippen LogP contribution in [0.3, 0.4) is 0 Å². The topological polar surface area (TPSA) is 187 Å². The molecule has 0 spiro atoms. The van der Waals surface area contributed by atoms with E-state index in [4.69, 9.17) is 30.3 Å². The van der Waals surface area contributed by atoms with Gasteiger partial charge in [-0.1, -0.05) is 0 Å². The molecule has 0 bridgehead atoms. The number of primary amides is 2. The zero-order valence-electron chi connectivity index (χ0n) is 8.30. The smallest absolute Gasteiger partial charge is 0.309 e. The van der Waals surface area contributed by atoms with Gasteiger partial charge in [-0.2, -0.15) is 0 Å². The van der Waals surface area contributed by atoms with E-state index in [0.29, 0.717) is 0 Å². The van der Waals surface area contributed by atoms with E-state index < -0.39 is 37.1 Å². The number of aliphatic hydroxyl groups excluding tert-OH is 5. The number of rotatable bonds is 5. The first-order valence-corrected chi connectivity index (χ1v) is 4.11. The molecule has 0 aliphatic carbocycles. The molecule has 16 heavy (non-hydrogen) atoms. The molecular formula is C7H16N2O7. The van der Waals surface area contributed by atoms with E-state index in [0.717, 1.165) is 0 Å². The third-order valence-corrected chi connectivity index (χ3v) is 1.42. The highest BCUT2D eigenvalue weighted by Gasteiger charge is 2.29. The minimum absolute atomic E-state index is 0.0258. The number of amides is 2. The van der Waals surface area contributed by atoms with Crippen molar-refractivity contribution in [2.75, 3.05) is 6.61 Å². The second-order valence-electron chi connectivity index (χ2n) is 2.76. The van der Waals surface area contributed by atoms with Gasteiger partial charge in [0.15, 0.2) is 6.29 Å². The molecule has 0 aliphatic heterocycles. The average molecular weight is 240 g/mol. The molecule has 0 saturated heterocycles. The standard InChI is InChI=1S/C6H12O6.CH4N2O/c7-1-3(9)5(11)6(12)4(10)2-8;2-1(3)4/h1,3-6,8-12H,2H2;(H4,2,3,4)/t3-,4+,5+,6+;/m0./s1. The highest BCUT2D eigenvalue weighted by Crippen LogP contribution is 2.02. The number of nitrogens with two attached hydrogens (primary N) is 2. The molecule has 0 aliphatic rings. The third-order valence-electron chi connectivity index (χ3n) is 1.42. The second kappa shape index (κ2) is 9.00. The molecule has 0 aromatic carbocycles. The van der Waals surface area contributed by atoms with Crippen molar-refractivity contribution in [3.63, 3.8) is 0 Å². The molecule has 9 heteroatoms. The zero-order valence-corrected chi connectivity index (χ0v) is 8.30. The lowest BCUT2D eigenvalue weighted by Crippen LogP contribution is -2.46. The molecule has 0 unspecified atom stereocenters. The Morgan fingerprint density at radius 3 is 1.75 bits per heavy atom. The Morgan fingerprint density at radius 1 is 1.12 bits per heavy atom. The summed E-state index contributed by atoms with van der Waals surface area (Å²) < 4.78 is 0. The summed E-state index contributed by atoms with van der Waals surface area (Å²) >= 11 is 0. The monoisotopic (exact) mass is 240 g/mol. The lowest BCUT2D eigenvalue weighted by atomic mass is 10.0. The number of urea groups is 1. The highest BCUT2D eigenvalue weighted by molar-refractivity contribution is 5.69. The first-order valence-electron chi connectivity index (χ1n) is 4.11. The fourth-order valence-electron chi connectivity index (χ4n) is 0.618. The van der Waals surface area contributed by atoms with E-state index in [-0.39, 0.29) is 6.29 Å². The van der Waals surface area contributed by atoms with Crippen LogP contribution in [-0.2, 0) is 4.79 Å². The van der Waals surface area contributed by atoms with Gasteiger partial charge in [-0.3, -0.25) is 0 Å². The van der Waals surface area contributed by atoms with E-state index >= 15 is 0 Å². The van der Waals surface area contributed by atoms with Crippen LogP contribution in [0.5, 0.6) is 0 Å². The molecule has 4 atom stereocenters. The zero-order chi connectivity index (χ0) is 13.3. The van der Waals surface area contributed by atoms with Crippen LogP contribution < -0.4 is 11.5 Å². The molecule has 0 aromatic rings. The maximum atomic E-state index is 9.90. The molecule has 0 aromatic heterocycles. The Hall–Kier alpha value is -1.26. The first-order chi connectivity index (χ1) is 7.27. The normalized spacial score (nSPS) is 17.3. The van der Waals surface area contributed by atoms with Gasteiger partial charge in [-0.15, -0.1) is 0 Å². The first kappa shape index (κ1) is 17.1. The van der Waals surface area contributed by atoms with Gasteiger partial charge in [0, 0.05) is 0 Å². The van der Waals surface area contributed by atoms with Gasteiger partial charge < -0.3 is 41.8 Å². The molecule has 96 valence electrons. The highest BCUT2D eigenvalue weighted by atomic mass is 16.4. The van der Waals surface area contributed by atoms with Gasteiger partial charge in [-0.05, 0) is 0 Å². The molecular weight excluding hydrogens is 224 g/mol. The van der Waals surface area contributed by atoms with Crippen LogP contribution in [-0.4, -0.2) is 68.9 Å². The van der Waals surface area contributed by atoms with Crippen molar-refractivity contribution in [3.8, 4) is 0 Å². The minimum atomic E-state index is -1.79. The quantitative estimate of drug-likeness (QED) is 0.236. The Kier molecular flexibility index (Phi) is 9.65. The van der Waals surface area contributed by atoms with Crippen LogP contribution in [0, 0.1) is 0 Å². The summed E-state index contributed by atoms with van der Waals surface area (Å²) in [5.41, 5.74) is 8.50. The Morgan fingerprint density at radius 2 is 1.50 bits per heavy atom. The van der Waals surface area contributed by atoms with Gasteiger partial charge in [0.25, 0.3) is 0 Å². The summed E-state index contributed by atoms with van der Waals surface area (Å²) in [4.78, 5) is 18.9. The van der Waals surface area contributed by atoms with E-state index in [9.17, 15) is 4.79 Å². The van der Waals surface area contributed by atoms with Crippen LogP contribution in [0.15, 0.2) is 0 Å². The number of carbonyl (C=O) groups excluding carboxylic acids is 2. The van der Waals surface area contributed by atoms with E-state index in [2.05, 4.69) is 11.5 Å². The molecule has 0 radical (unpaired) electrons. The second-order valence-corrected chi connectivity index (χ2v) is 2.76. The summed E-state index contributed by atoms with van der Waals surface area (Å²) in [6, 6.07) is -0.833. The third kappa shape index (κ3) is 8.08. The number of aliphatic hydroxyl groups is 5. The van der Waals surface area contributed by atoms with Crippen molar-refractivity contribution in [1.29, 1.82) is 0 Å².